The minimum Gasteiger partial charge on any atom is -0.392 e. The lowest BCUT2D eigenvalue weighted by Gasteiger charge is -2.46. The van der Waals surface area contributed by atoms with Crippen LogP contribution in [0.15, 0.2) is 23.8 Å². The Labute approximate surface area is 196 Å². The van der Waals surface area contributed by atoms with Crippen molar-refractivity contribution in [2.24, 2.45) is 11.8 Å². The minimum absolute atomic E-state index is 0.0143. The molecule has 1 fully saturated rings. The predicted octanol–water partition coefficient (Wildman–Crippen LogP) is 5.30. The van der Waals surface area contributed by atoms with Crippen molar-refractivity contribution in [3.63, 3.8) is 0 Å². The van der Waals surface area contributed by atoms with Crippen molar-refractivity contribution in [1.82, 2.24) is 0 Å². The SMILES string of the molecule is CO[C@H]1C=C[C@H](OC)[C@H](/C(C)=C/[C@H](C)[C@H]2O[C@H](O[Si](C)(C)C(C)(C)C)[C@@H](C)C[C@@H]2OC)O1. The summed E-state index contributed by atoms with van der Waals surface area (Å²) >= 11 is 0. The molecule has 0 unspecified atom stereocenters. The average Bonchev–Trinajstić information content (AvgIpc) is 2.73. The molecule has 0 spiro atoms. The summed E-state index contributed by atoms with van der Waals surface area (Å²) < 4.78 is 36.2. The van der Waals surface area contributed by atoms with Gasteiger partial charge in [0.15, 0.2) is 20.9 Å². The van der Waals surface area contributed by atoms with Gasteiger partial charge in [0.1, 0.15) is 12.2 Å². The molecule has 2 rings (SSSR count). The van der Waals surface area contributed by atoms with E-state index in [2.05, 4.69) is 60.7 Å². The fraction of sp³-hybridized carbons (Fsp3) is 0.840. The molecule has 1 saturated heterocycles. The lowest BCUT2D eigenvalue weighted by molar-refractivity contribution is -0.229. The number of rotatable bonds is 8. The molecule has 0 bridgehead atoms. The van der Waals surface area contributed by atoms with Crippen LogP contribution in [-0.2, 0) is 28.1 Å². The highest BCUT2D eigenvalue weighted by atomic mass is 28.4. The largest absolute Gasteiger partial charge is 0.392 e. The average molecular weight is 471 g/mol. The van der Waals surface area contributed by atoms with E-state index in [1.807, 2.05) is 12.2 Å². The van der Waals surface area contributed by atoms with Gasteiger partial charge in [-0.3, -0.25) is 0 Å². The number of ether oxygens (including phenoxy) is 5. The Morgan fingerprint density at radius 3 is 2.25 bits per heavy atom. The van der Waals surface area contributed by atoms with Crippen molar-refractivity contribution in [3.8, 4) is 0 Å². The molecular formula is C25H46O6Si. The van der Waals surface area contributed by atoms with Crippen LogP contribution in [0.25, 0.3) is 0 Å². The van der Waals surface area contributed by atoms with Gasteiger partial charge >= 0.3 is 0 Å². The van der Waals surface area contributed by atoms with Crippen LogP contribution in [0.4, 0.5) is 0 Å². The third-order valence-electron chi connectivity index (χ3n) is 7.28. The van der Waals surface area contributed by atoms with E-state index in [-0.39, 0.29) is 53.9 Å². The first-order valence-corrected chi connectivity index (χ1v) is 14.7. The first-order chi connectivity index (χ1) is 14.8. The molecule has 0 aromatic rings. The lowest BCUT2D eigenvalue weighted by Crippen LogP contribution is -2.53. The number of hydrogen-bond donors (Lipinski definition) is 0. The lowest BCUT2D eigenvalue weighted by atomic mass is 9.87. The fourth-order valence-corrected chi connectivity index (χ4v) is 5.39. The van der Waals surface area contributed by atoms with Gasteiger partial charge in [-0.05, 0) is 43.1 Å². The van der Waals surface area contributed by atoms with Crippen molar-refractivity contribution in [2.45, 2.75) is 103 Å². The predicted molar refractivity (Wildman–Crippen MR) is 130 cm³/mol. The molecule has 2 aliphatic heterocycles. The Hall–Kier alpha value is -0.543. The van der Waals surface area contributed by atoms with Gasteiger partial charge in [-0.15, -0.1) is 0 Å². The number of methoxy groups -OCH3 is 3. The summed E-state index contributed by atoms with van der Waals surface area (Å²) in [5.41, 5.74) is 1.09. The molecule has 6 nitrogen and oxygen atoms in total. The summed E-state index contributed by atoms with van der Waals surface area (Å²) in [6, 6.07) is 0. The van der Waals surface area contributed by atoms with Crippen LogP contribution in [0, 0.1) is 11.8 Å². The van der Waals surface area contributed by atoms with Crippen molar-refractivity contribution in [3.05, 3.63) is 23.8 Å². The molecule has 186 valence electrons. The standard InChI is InChI=1S/C25H46O6Si/c1-16(22-19(26-7)12-13-21(28-9)29-22)14-17(2)23-20(27-8)15-18(3)24(30-23)31-32(10,11)25(4,5)6/h12-14,17-24H,15H2,1-11H3/b16-14+/t17-,18-,19-,20-,21+,22-,23+,24+/m0/s1. The van der Waals surface area contributed by atoms with Gasteiger partial charge in [-0.2, -0.15) is 0 Å². The molecule has 7 heteroatoms. The van der Waals surface area contributed by atoms with E-state index in [1.165, 1.54) is 0 Å². The van der Waals surface area contributed by atoms with Crippen LogP contribution < -0.4 is 0 Å². The second-order valence-electron chi connectivity index (χ2n) is 10.9. The monoisotopic (exact) mass is 470 g/mol. The molecule has 0 amide bonds. The zero-order chi connectivity index (χ0) is 24.3. The van der Waals surface area contributed by atoms with E-state index in [0.717, 1.165) is 12.0 Å². The van der Waals surface area contributed by atoms with Crippen molar-refractivity contribution in [1.29, 1.82) is 0 Å². The van der Waals surface area contributed by atoms with Gasteiger partial charge in [0.25, 0.3) is 0 Å². The third kappa shape index (κ3) is 6.53. The minimum atomic E-state index is -1.95. The highest BCUT2D eigenvalue weighted by molar-refractivity contribution is 6.74. The van der Waals surface area contributed by atoms with E-state index in [0.29, 0.717) is 0 Å². The van der Waals surface area contributed by atoms with Gasteiger partial charge in [0.2, 0.25) is 0 Å². The van der Waals surface area contributed by atoms with E-state index in [1.54, 1.807) is 21.3 Å². The normalized spacial score (nSPS) is 35.7. The van der Waals surface area contributed by atoms with E-state index >= 15 is 0 Å². The first-order valence-electron chi connectivity index (χ1n) is 11.8. The second-order valence-corrected chi connectivity index (χ2v) is 15.6. The molecule has 0 radical (unpaired) electrons. The van der Waals surface area contributed by atoms with Crippen LogP contribution in [0.5, 0.6) is 0 Å². The number of hydrogen-bond acceptors (Lipinski definition) is 6. The molecule has 0 N–H and O–H groups in total. The van der Waals surface area contributed by atoms with Crippen LogP contribution in [0.3, 0.4) is 0 Å². The Kier molecular flexibility index (Phi) is 9.74. The van der Waals surface area contributed by atoms with Gasteiger partial charge in [-0.25, -0.2) is 0 Å². The highest BCUT2D eigenvalue weighted by Gasteiger charge is 2.45. The first kappa shape index (κ1) is 27.7. The molecular weight excluding hydrogens is 424 g/mol. The quantitative estimate of drug-likeness (QED) is 0.354. The molecule has 2 aliphatic rings. The van der Waals surface area contributed by atoms with Crippen molar-refractivity contribution < 1.29 is 28.1 Å². The van der Waals surface area contributed by atoms with Crippen LogP contribution in [0.2, 0.25) is 18.1 Å². The molecule has 0 aromatic carbocycles. The zero-order valence-corrected chi connectivity index (χ0v) is 23.0. The summed E-state index contributed by atoms with van der Waals surface area (Å²) in [4.78, 5) is 0. The van der Waals surface area contributed by atoms with Gasteiger partial charge < -0.3 is 28.1 Å². The van der Waals surface area contributed by atoms with E-state index in [9.17, 15) is 0 Å². The Morgan fingerprint density at radius 1 is 1.06 bits per heavy atom. The summed E-state index contributed by atoms with van der Waals surface area (Å²) in [6.45, 7) is 17.8. The maximum atomic E-state index is 6.68. The highest BCUT2D eigenvalue weighted by Crippen LogP contribution is 2.41. The maximum absolute atomic E-state index is 6.68. The molecule has 0 saturated carbocycles. The van der Waals surface area contributed by atoms with Crippen LogP contribution in [-0.4, -0.2) is 66.6 Å². The molecule has 0 aliphatic carbocycles. The fourth-order valence-electron chi connectivity index (χ4n) is 4.17. The van der Waals surface area contributed by atoms with Crippen LogP contribution >= 0.6 is 0 Å². The second kappa shape index (κ2) is 11.3. The summed E-state index contributed by atoms with van der Waals surface area (Å²) in [6.07, 6.45) is 5.99. The van der Waals surface area contributed by atoms with E-state index in [4.69, 9.17) is 28.1 Å². The molecule has 32 heavy (non-hydrogen) atoms. The summed E-state index contributed by atoms with van der Waals surface area (Å²) in [7, 11) is 3.16. The van der Waals surface area contributed by atoms with E-state index < -0.39 is 8.32 Å². The molecule has 8 atom stereocenters. The van der Waals surface area contributed by atoms with Gasteiger partial charge in [-0.1, -0.05) is 46.8 Å². The Balaban J connectivity index is 2.20. The Morgan fingerprint density at radius 2 is 1.72 bits per heavy atom. The molecule has 0 aromatic heterocycles. The summed E-state index contributed by atoms with van der Waals surface area (Å²) in [5.74, 6) is 0.390. The summed E-state index contributed by atoms with van der Waals surface area (Å²) in [5, 5.41) is 0.130. The van der Waals surface area contributed by atoms with Crippen molar-refractivity contribution >= 4 is 8.32 Å². The smallest absolute Gasteiger partial charge is 0.195 e. The molecule has 2 heterocycles. The van der Waals surface area contributed by atoms with Crippen LogP contribution in [0.1, 0.15) is 48.0 Å². The van der Waals surface area contributed by atoms with Crippen molar-refractivity contribution in [2.75, 3.05) is 21.3 Å². The van der Waals surface area contributed by atoms with Gasteiger partial charge in [0.05, 0.1) is 12.2 Å². The van der Waals surface area contributed by atoms with Gasteiger partial charge in [0, 0.05) is 33.2 Å². The zero-order valence-electron chi connectivity index (χ0n) is 22.0. The Bertz CT molecular complexity index is 655. The maximum Gasteiger partial charge on any atom is 0.195 e. The third-order valence-corrected chi connectivity index (χ3v) is 11.7. The topological polar surface area (TPSA) is 55.4 Å².